The summed E-state index contributed by atoms with van der Waals surface area (Å²) in [6.07, 6.45) is 1.62. The largest absolute Gasteiger partial charge is 0.505 e. The molecule has 0 aliphatic heterocycles. The van der Waals surface area contributed by atoms with E-state index in [1.54, 1.807) is 12.3 Å². The minimum Gasteiger partial charge on any atom is -0.505 e. The van der Waals surface area contributed by atoms with Crippen LogP contribution in [0.15, 0.2) is 66.9 Å². The van der Waals surface area contributed by atoms with Crippen molar-refractivity contribution in [3.05, 3.63) is 89.6 Å². The Balaban J connectivity index is 1.81. The van der Waals surface area contributed by atoms with Crippen LogP contribution in [0.3, 0.4) is 0 Å². The first-order chi connectivity index (χ1) is 13.0. The molecule has 4 aromatic rings. The first-order valence-electron chi connectivity index (χ1n) is 8.08. The third-order valence-electron chi connectivity index (χ3n) is 4.17. The second-order valence-corrected chi connectivity index (χ2v) is 5.91. The average molecular weight is 362 g/mol. The van der Waals surface area contributed by atoms with Gasteiger partial charge in [-0.1, -0.05) is 30.3 Å². The second-order valence-electron chi connectivity index (χ2n) is 5.91. The zero-order chi connectivity index (χ0) is 19.0. The van der Waals surface area contributed by atoms with Gasteiger partial charge < -0.3 is 5.11 Å². The van der Waals surface area contributed by atoms with Crippen LogP contribution in [0.4, 0.5) is 8.78 Å². The van der Waals surface area contributed by atoms with Crippen LogP contribution >= 0.6 is 0 Å². The number of nitrogens with zero attached hydrogens (tertiary/aromatic N) is 2. The van der Waals surface area contributed by atoms with E-state index in [2.05, 4.69) is 9.97 Å². The number of hydrogen-bond donors (Lipinski definition) is 1. The number of phenolic OH excluding ortho intramolecular Hbond substituents is 1. The van der Waals surface area contributed by atoms with Gasteiger partial charge in [0.25, 0.3) is 0 Å². The highest BCUT2D eigenvalue weighted by Crippen LogP contribution is 2.26. The molecule has 0 unspecified atom stereocenters. The van der Waals surface area contributed by atoms with Crippen LogP contribution in [0.1, 0.15) is 15.9 Å². The summed E-state index contributed by atoms with van der Waals surface area (Å²) in [6.45, 7) is 0. The molecule has 0 spiro atoms. The molecule has 0 saturated carbocycles. The van der Waals surface area contributed by atoms with E-state index in [4.69, 9.17) is 0 Å². The van der Waals surface area contributed by atoms with Gasteiger partial charge in [-0.15, -0.1) is 0 Å². The molecule has 0 aliphatic carbocycles. The number of ketones is 1. The Morgan fingerprint density at radius 2 is 1.70 bits per heavy atom. The number of rotatable bonds is 3. The third-order valence-corrected chi connectivity index (χ3v) is 4.17. The summed E-state index contributed by atoms with van der Waals surface area (Å²) in [7, 11) is 0. The van der Waals surface area contributed by atoms with Gasteiger partial charge >= 0.3 is 0 Å². The van der Waals surface area contributed by atoms with E-state index in [0.717, 1.165) is 17.7 Å². The number of carbonyl (C=O) groups excluding carboxylic acids is 1. The van der Waals surface area contributed by atoms with Crippen molar-refractivity contribution in [2.75, 3.05) is 0 Å². The van der Waals surface area contributed by atoms with E-state index >= 15 is 0 Å². The molecule has 0 saturated heterocycles. The van der Waals surface area contributed by atoms with Crippen LogP contribution in [0.2, 0.25) is 0 Å². The fourth-order valence-corrected chi connectivity index (χ4v) is 2.79. The molecule has 27 heavy (non-hydrogen) atoms. The van der Waals surface area contributed by atoms with Crippen LogP contribution < -0.4 is 0 Å². The molecule has 4 rings (SSSR count). The lowest BCUT2D eigenvalue weighted by molar-refractivity contribution is 0.103. The van der Waals surface area contributed by atoms with Gasteiger partial charge in [-0.3, -0.25) is 9.78 Å². The summed E-state index contributed by atoms with van der Waals surface area (Å²) in [5.41, 5.74) is 1.68. The summed E-state index contributed by atoms with van der Waals surface area (Å²) in [6, 6.07) is 15.5. The Hall–Kier alpha value is -3.67. The Morgan fingerprint density at radius 1 is 0.926 bits per heavy atom. The molecular formula is C21H12F2N2O2. The third kappa shape index (κ3) is 3.01. The van der Waals surface area contributed by atoms with Crippen LogP contribution in [-0.2, 0) is 0 Å². The molecule has 0 atom stereocenters. The van der Waals surface area contributed by atoms with Crippen molar-refractivity contribution in [1.29, 1.82) is 0 Å². The number of carbonyl (C=O) groups is 1. The SMILES string of the molecule is O=C(c1ccc2ncc(-c3ccccc3)nc2c1)c1c(F)ccc(O)c1F. The number of phenols is 1. The summed E-state index contributed by atoms with van der Waals surface area (Å²) < 4.78 is 28.0. The Morgan fingerprint density at radius 3 is 2.48 bits per heavy atom. The number of halogens is 2. The van der Waals surface area contributed by atoms with Crippen molar-refractivity contribution >= 4 is 16.8 Å². The number of benzene rings is 3. The highest BCUT2D eigenvalue weighted by atomic mass is 19.1. The fourth-order valence-electron chi connectivity index (χ4n) is 2.79. The van der Waals surface area contributed by atoms with Crippen molar-refractivity contribution in [3.63, 3.8) is 0 Å². The molecule has 4 nitrogen and oxygen atoms in total. The number of aromatic hydroxyl groups is 1. The van der Waals surface area contributed by atoms with E-state index < -0.39 is 28.7 Å². The van der Waals surface area contributed by atoms with Gasteiger partial charge in [-0.2, -0.15) is 0 Å². The predicted molar refractivity (Wildman–Crippen MR) is 96.4 cm³/mol. The summed E-state index contributed by atoms with van der Waals surface area (Å²) >= 11 is 0. The van der Waals surface area contributed by atoms with Crippen molar-refractivity contribution in [2.45, 2.75) is 0 Å². The van der Waals surface area contributed by atoms with Gasteiger partial charge in [0.1, 0.15) is 5.82 Å². The lowest BCUT2D eigenvalue weighted by atomic mass is 10.0. The molecule has 6 heteroatoms. The lowest BCUT2D eigenvalue weighted by Crippen LogP contribution is -2.08. The quantitative estimate of drug-likeness (QED) is 0.545. The molecule has 0 radical (unpaired) electrons. The highest BCUT2D eigenvalue weighted by Gasteiger charge is 2.22. The van der Waals surface area contributed by atoms with E-state index in [0.29, 0.717) is 16.7 Å². The zero-order valence-corrected chi connectivity index (χ0v) is 13.9. The molecular weight excluding hydrogens is 350 g/mol. The fraction of sp³-hybridized carbons (Fsp3) is 0. The molecule has 0 amide bonds. The monoisotopic (exact) mass is 362 g/mol. The van der Waals surface area contributed by atoms with Gasteiger partial charge in [0.15, 0.2) is 17.3 Å². The molecule has 0 fully saturated rings. The normalized spacial score (nSPS) is 10.9. The van der Waals surface area contributed by atoms with Crippen molar-refractivity contribution in [1.82, 2.24) is 9.97 Å². The first-order valence-corrected chi connectivity index (χ1v) is 8.08. The highest BCUT2D eigenvalue weighted by molar-refractivity contribution is 6.10. The van der Waals surface area contributed by atoms with E-state index in [1.807, 2.05) is 30.3 Å². The second kappa shape index (κ2) is 6.57. The summed E-state index contributed by atoms with van der Waals surface area (Å²) in [5, 5.41) is 9.44. The smallest absolute Gasteiger partial charge is 0.199 e. The van der Waals surface area contributed by atoms with Crippen LogP contribution in [0, 0.1) is 11.6 Å². The van der Waals surface area contributed by atoms with Gasteiger partial charge in [0, 0.05) is 11.1 Å². The molecule has 3 aromatic carbocycles. The molecule has 0 aliphatic rings. The zero-order valence-electron chi connectivity index (χ0n) is 13.9. The van der Waals surface area contributed by atoms with E-state index in [-0.39, 0.29) is 5.56 Å². The summed E-state index contributed by atoms with van der Waals surface area (Å²) in [4.78, 5) is 21.4. The lowest BCUT2D eigenvalue weighted by Gasteiger charge is -2.07. The Labute approximate surface area is 152 Å². The predicted octanol–water partition coefficient (Wildman–Crippen LogP) is 4.51. The van der Waals surface area contributed by atoms with Crippen molar-refractivity contribution in [2.24, 2.45) is 0 Å². The number of hydrogen-bond acceptors (Lipinski definition) is 4. The van der Waals surface area contributed by atoms with Gasteiger partial charge in [0.05, 0.1) is 28.5 Å². The Kier molecular flexibility index (Phi) is 4.08. The standard InChI is InChI=1S/C21H12F2N2O2/c22-14-7-9-18(26)20(23)19(14)21(27)13-6-8-15-16(10-13)25-17(11-24-15)12-4-2-1-3-5-12/h1-11,26H. The maximum absolute atomic E-state index is 14.1. The molecule has 1 aromatic heterocycles. The van der Waals surface area contributed by atoms with Crippen LogP contribution in [0.5, 0.6) is 5.75 Å². The molecule has 0 bridgehead atoms. The maximum Gasteiger partial charge on any atom is 0.199 e. The number of aromatic nitrogens is 2. The minimum absolute atomic E-state index is 0.0467. The van der Waals surface area contributed by atoms with E-state index in [9.17, 15) is 18.7 Å². The summed E-state index contributed by atoms with van der Waals surface area (Å²) in [5.74, 6) is -4.00. The number of fused-ring (bicyclic) bond motifs is 1. The topological polar surface area (TPSA) is 63.1 Å². The van der Waals surface area contributed by atoms with E-state index in [1.165, 1.54) is 12.1 Å². The van der Waals surface area contributed by atoms with Gasteiger partial charge in [0.2, 0.25) is 0 Å². The van der Waals surface area contributed by atoms with Gasteiger partial charge in [-0.25, -0.2) is 13.8 Å². The Bertz CT molecular complexity index is 1180. The molecule has 132 valence electrons. The maximum atomic E-state index is 14.1. The average Bonchev–Trinajstić information content (AvgIpc) is 2.71. The van der Waals surface area contributed by atoms with Crippen LogP contribution in [-0.4, -0.2) is 20.9 Å². The van der Waals surface area contributed by atoms with Crippen molar-refractivity contribution in [3.8, 4) is 17.0 Å². The first kappa shape index (κ1) is 16.8. The molecule has 1 heterocycles. The van der Waals surface area contributed by atoms with Crippen molar-refractivity contribution < 1.29 is 18.7 Å². The molecule has 1 N–H and O–H groups in total. The van der Waals surface area contributed by atoms with Gasteiger partial charge in [-0.05, 0) is 30.3 Å². The van der Waals surface area contributed by atoms with Crippen LogP contribution in [0.25, 0.3) is 22.3 Å². The minimum atomic E-state index is -1.29.